The maximum Gasteiger partial charge on any atom is 0.118 e. The Hall–Kier alpha value is -1.53. The zero-order valence-corrected chi connectivity index (χ0v) is 10.8. The smallest absolute Gasteiger partial charge is 0.118 e. The Morgan fingerprint density at radius 2 is 1.94 bits per heavy atom. The van der Waals surface area contributed by atoms with Gasteiger partial charge in [-0.05, 0) is 38.0 Å². The van der Waals surface area contributed by atoms with Crippen LogP contribution in [0, 0.1) is 11.3 Å². The summed E-state index contributed by atoms with van der Waals surface area (Å²) in [6.07, 6.45) is 0.962. The molecule has 0 radical (unpaired) electrons. The lowest BCUT2D eigenvalue weighted by Crippen LogP contribution is -2.33. The highest BCUT2D eigenvalue weighted by Gasteiger charge is 2.08. The van der Waals surface area contributed by atoms with Gasteiger partial charge in [-0.3, -0.25) is 4.90 Å². The summed E-state index contributed by atoms with van der Waals surface area (Å²) in [5.74, 6) is 0.881. The van der Waals surface area contributed by atoms with Gasteiger partial charge in [-0.2, -0.15) is 5.26 Å². The van der Waals surface area contributed by atoms with E-state index in [-0.39, 0.29) is 0 Å². The molecule has 0 aliphatic heterocycles. The van der Waals surface area contributed by atoms with Gasteiger partial charge in [0.1, 0.15) is 5.75 Å². The van der Waals surface area contributed by atoms with Crippen molar-refractivity contribution in [2.24, 2.45) is 0 Å². The van der Waals surface area contributed by atoms with Crippen molar-refractivity contribution in [3.05, 3.63) is 29.8 Å². The third kappa shape index (κ3) is 4.46. The quantitative estimate of drug-likeness (QED) is 0.707. The Kier molecular flexibility index (Phi) is 5.51. The van der Waals surface area contributed by atoms with Gasteiger partial charge in [0.25, 0.3) is 0 Å². The molecule has 0 unspecified atom stereocenters. The van der Waals surface area contributed by atoms with Crippen LogP contribution in [0.3, 0.4) is 0 Å². The normalized spacial score (nSPS) is 10.6. The number of rotatable bonds is 6. The third-order valence-corrected chi connectivity index (χ3v) is 2.85. The van der Waals surface area contributed by atoms with Gasteiger partial charge in [0, 0.05) is 12.6 Å². The lowest BCUT2D eigenvalue weighted by Gasteiger charge is -2.23. The molecule has 1 aromatic carbocycles. The lowest BCUT2D eigenvalue weighted by atomic mass is 10.1. The highest BCUT2D eigenvalue weighted by atomic mass is 16.5. The topological polar surface area (TPSA) is 36.3 Å². The van der Waals surface area contributed by atoms with E-state index in [1.807, 2.05) is 12.1 Å². The highest BCUT2D eigenvalue weighted by molar-refractivity contribution is 5.27. The average Bonchev–Trinajstić information content (AvgIpc) is 2.34. The minimum absolute atomic E-state index is 0.410. The molecule has 0 amide bonds. The minimum Gasteiger partial charge on any atom is -0.497 e. The highest BCUT2D eigenvalue weighted by Crippen LogP contribution is 2.12. The molecule has 3 heteroatoms. The van der Waals surface area contributed by atoms with Crippen LogP contribution in [0.5, 0.6) is 5.75 Å². The van der Waals surface area contributed by atoms with Crippen molar-refractivity contribution in [3.8, 4) is 11.8 Å². The number of benzene rings is 1. The molecular formula is C14H20N2O. The van der Waals surface area contributed by atoms with E-state index in [1.54, 1.807) is 7.11 Å². The van der Waals surface area contributed by atoms with Crippen LogP contribution >= 0.6 is 0 Å². The van der Waals surface area contributed by atoms with Crippen LogP contribution in [0.4, 0.5) is 0 Å². The first-order valence-corrected chi connectivity index (χ1v) is 5.91. The third-order valence-electron chi connectivity index (χ3n) is 2.85. The van der Waals surface area contributed by atoms with E-state index in [0.717, 1.165) is 18.7 Å². The van der Waals surface area contributed by atoms with Crippen LogP contribution in [0.25, 0.3) is 0 Å². The summed E-state index contributed by atoms with van der Waals surface area (Å²) in [5, 5.41) is 8.74. The summed E-state index contributed by atoms with van der Waals surface area (Å²) in [6.45, 7) is 5.64. The molecule has 0 aliphatic rings. The number of nitriles is 1. The molecule has 1 rings (SSSR count). The number of hydrogen-bond donors (Lipinski definition) is 0. The van der Waals surface area contributed by atoms with Crippen molar-refractivity contribution >= 4 is 0 Å². The number of methoxy groups -OCH3 is 1. The summed E-state index contributed by atoms with van der Waals surface area (Å²) < 4.78 is 5.12. The van der Waals surface area contributed by atoms with Crippen LogP contribution in [-0.2, 0) is 6.42 Å². The van der Waals surface area contributed by atoms with Gasteiger partial charge in [-0.15, -0.1) is 0 Å². The minimum atomic E-state index is 0.410. The Labute approximate surface area is 104 Å². The lowest BCUT2D eigenvalue weighted by molar-refractivity contribution is 0.252. The molecule has 1 aromatic rings. The van der Waals surface area contributed by atoms with E-state index in [1.165, 1.54) is 5.56 Å². The zero-order chi connectivity index (χ0) is 12.7. The predicted octanol–water partition coefficient (Wildman–Crippen LogP) is 2.47. The summed E-state index contributed by atoms with van der Waals surface area (Å²) in [7, 11) is 1.67. The molecule has 0 bridgehead atoms. The van der Waals surface area contributed by atoms with Gasteiger partial charge in [0.2, 0.25) is 0 Å². The van der Waals surface area contributed by atoms with Crippen LogP contribution in [-0.4, -0.2) is 31.1 Å². The van der Waals surface area contributed by atoms with Crippen molar-refractivity contribution in [2.45, 2.75) is 26.3 Å². The van der Waals surface area contributed by atoms with Crippen molar-refractivity contribution in [1.29, 1.82) is 5.26 Å². The molecule has 3 nitrogen and oxygen atoms in total. The first kappa shape index (κ1) is 13.5. The summed E-state index contributed by atoms with van der Waals surface area (Å²) in [5.41, 5.74) is 1.27. The molecule has 0 aromatic heterocycles. The Bertz CT molecular complexity index is 365. The largest absolute Gasteiger partial charge is 0.497 e. The van der Waals surface area contributed by atoms with Gasteiger partial charge in [-0.25, -0.2) is 0 Å². The van der Waals surface area contributed by atoms with E-state index >= 15 is 0 Å². The number of hydrogen-bond acceptors (Lipinski definition) is 3. The molecule has 0 heterocycles. The molecule has 0 N–H and O–H groups in total. The van der Waals surface area contributed by atoms with E-state index in [9.17, 15) is 0 Å². The zero-order valence-electron chi connectivity index (χ0n) is 10.8. The van der Waals surface area contributed by atoms with Gasteiger partial charge in [-0.1, -0.05) is 12.1 Å². The summed E-state index contributed by atoms with van der Waals surface area (Å²) in [6, 6.07) is 10.7. The first-order chi connectivity index (χ1) is 8.17. The first-order valence-electron chi connectivity index (χ1n) is 5.91. The fraction of sp³-hybridized carbons (Fsp3) is 0.500. The van der Waals surface area contributed by atoms with Crippen molar-refractivity contribution in [1.82, 2.24) is 4.90 Å². The van der Waals surface area contributed by atoms with Gasteiger partial charge >= 0.3 is 0 Å². The van der Waals surface area contributed by atoms with Gasteiger partial charge in [0.15, 0.2) is 0 Å². The molecule has 0 fully saturated rings. The summed E-state index contributed by atoms with van der Waals surface area (Å²) >= 11 is 0. The molecular weight excluding hydrogens is 212 g/mol. The van der Waals surface area contributed by atoms with Gasteiger partial charge < -0.3 is 4.74 Å². The number of ether oxygens (including phenoxy) is 1. The molecule has 92 valence electrons. The number of nitrogens with zero attached hydrogens (tertiary/aromatic N) is 2. The second-order valence-corrected chi connectivity index (χ2v) is 4.32. The maximum atomic E-state index is 8.74. The SMILES string of the molecule is COc1ccc(CCN(CC#N)C(C)C)cc1. The Morgan fingerprint density at radius 3 is 2.41 bits per heavy atom. The van der Waals surface area contributed by atoms with Crippen LogP contribution < -0.4 is 4.74 Å². The monoisotopic (exact) mass is 232 g/mol. The fourth-order valence-corrected chi connectivity index (χ4v) is 1.68. The molecule has 0 atom stereocenters. The molecule has 0 saturated heterocycles. The second-order valence-electron chi connectivity index (χ2n) is 4.32. The average molecular weight is 232 g/mol. The fourth-order valence-electron chi connectivity index (χ4n) is 1.68. The standard InChI is InChI=1S/C14H20N2O/c1-12(2)16(11-9-15)10-8-13-4-6-14(17-3)7-5-13/h4-7,12H,8,10-11H2,1-3H3. The molecule has 0 aliphatic carbocycles. The maximum absolute atomic E-state index is 8.74. The van der Waals surface area contributed by atoms with Crippen LogP contribution in [0.1, 0.15) is 19.4 Å². The predicted molar refractivity (Wildman–Crippen MR) is 69.0 cm³/mol. The van der Waals surface area contributed by atoms with Crippen molar-refractivity contribution in [3.63, 3.8) is 0 Å². The Balaban J connectivity index is 2.50. The van der Waals surface area contributed by atoms with E-state index in [2.05, 4.69) is 36.9 Å². The molecule has 0 spiro atoms. The van der Waals surface area contributed by atoms with E-state index < -0.39 is 0 Å². The van der Waals surface area contributed by atoms with Crippen molar-refractivity contribution < 1.29 is 4.74 Å². The summed E-state index contributed by atoms with van der Waals surface area (Å²) in [4.78, 5) is 2.17. The van der Waals surface area contributed by atoms with Crippen molar-refractivity contribution in [2.75, 3.05) is 20.2 Å². The van der Waals surface area contributed by atoms with Gasteiger partial charge in [0.05, 0.1) is 19.7 Å². The van der Waals surface area contributed by atoms with E-state index in [0.29, 0.717) is 12.6 Å². The van der Waals surface area contributed by atoms with E-state index in [4.69, 9.17) is 10.00 Å². The van der Waals surface area contributed by atoms with Crippen LogP contribution in [0.2, 0.25) is 0 Å². The molecule has 17 heavy (non-hydrogen) atoms. The second kappa shape index (κ2) is 6.93. The Morgan fingerprint density at radius 1 is 1.29 bits per heavy atom. The molecule has 0 saturated carbocycles. The van der Waals surface area contributed by atoms with Crippen LogP contribution in [0.15, 0.2) is 24.3 Å².